The zero-order valence-electron chi connectivity index (χ0n) is 22.0. The number of rotatable bonds is 11. The van der Waals surface area contributed by atoms with Crippen molar-refractivity contribution in [2.24, 2.45) is 0 Å². The number of nitriles is 2. The number of benzene rings is 2. The van der Waals surface area contributed by atoms with Crippen molar-refractivity contribution in [3.05, 3.63) is 57.6 Å². The Morgan fingerprint density at radius 2 is 1.64 bits per heavy atom. The normalized spacial score (nSPS) is 11.2. The maximum atomic E-state index is 12.1. The maximum absolute atomic E-state index is 12.1. The summed E-state index contributed by atoms with van der Waals surface area (Å²) in [5, 5.41) is 21.2. The fraction of sp³-hybridized carbons (Fsp3) is 0.464. The van der Waals surface area contributed by atoms with Crippen LogP contribution in [-0.4, -0.2) is 19.2 Å². The molecule has 0 fully saturated rings. The van der Waals surface area contributed by atoms with Crippen LogP contribution in [0.15, 0.2) is 30.3 Å². The van der Waals surface area contributed by atoms with Gasteiger partial charge < -0.3 is 10.1 Å². The largest absolute Gasteiger partial charge is 0.493 e. The van der Waals surface area contributed by atoms with Crippen LogP contribution in [0.1, 0.15) is 83.1 Å². The summed E-state index contributed by atoms with van der Waals surface area (Å²) in [6.45, 7) is 14.2. The van der Waals surface area contributed by atoms with Gasteiger partial charge in [-0.25, -0.2) is 4.79 Å². The summed E-state index contributed by atoms with van der Waals surface area (Å²) in [6, 6.07) is 12.7. The third-order valence-electron chi connectivity index (χ3n) is 6.78. The van der Waals surface area contributed by atoms with Gasteiger partial charge in [0.2, 0.25) is 0 Å². The Bertz CT molecular complexity index is 1160. The van der Waals surface area contributed by atoms with Crippen LogP contribution in [0.3, 0.4) is 0 Å². The SMILES string of the molecule is CCC(C)(C)c1ccc(OCCCNC(=O)NNc2cc(C#N)c(C#N)cc2Cl)c(C(C)(C)CC)c1. The number of carbonyl (C=O) groups is 1. The van der Waals surface area contributed by atoms with E-state index in [1.54, 1.807) is 0 Å². The molecule has 0 unspecified atom stereocenters. The molecule has 192 valence electrons. The lowest BCUT2D eigenvalue weighted by molar-refractivity contribution is 0.240. The lowest BCUT2D eigenvalue weighted by Crippen LogP contribution is -2.39. The van der Waals surface area contributed by atoms with Gasteiger partial charge in [-0.1, -0.05) is 65.3 Å². The fourth-order valence-electron chi connectivity index (χ4n) is 3.48. The van der Waals surface area contributed by atoms with E-state index >= 15 is 0 Å². The first-order chi connectivity index (χ1) is 17.0. The molecule has 3 N–H and O–H groups in total. The minimum absolute atomic E-state index is 0.0168. The van der Waals surface area contributed by atoms with Gasteiger partial charge in [0.25, 0.3) is 0 Å². The summed E-state index contributed by atoms with van der Waals surface area (Å²) in [5.74, 6) is 0.882. The molecule has 2 aromatic carbocycles. The lowest BCUT2D eigenvalue weighted by atomic mass is 9.76. The average Bonchev–Trinajstić information content (AvgIpc) is 2.87. The Hall–Kier alpha value is -3.42. The Morgan fingerprint density at radius 1 is 1.00 bits per heavy atom. The van der Waals surface area contributed by atoms with Gasteiger partial charge in [0.1, 0.15) is 17.9 Å². The van der Waals surface area contributed by atoms with Crippen molar-refractivity contribution in [2.45, 2.75) is 71.6 Å². The number of amides is 2. The van der Waals surface area contributed by atoms with Crippen LogP contribution in [0.2, 0.25) is 5.02 Å². The highest BCUT2D eigenvalue weighted by Crippen LogP contribution is 2.38. The number of carbonyl (C=O) groups excluding carboxylic acids is 1. The summed E-state index contributed by atoms with van der Waals surface area (Å²) < 4.78 is 6.14. The molecule has 36 heavy (non-hydrogen) atoms. The first kappa shape index (κ1) is 28.8. The van der Waals surface area contributed by atoms with Gasteiger partial charge in [-0.05, 0) is 53.9 Å². The molecule has 0 aromatic heterocycles. The van der Waals surface area contributed by atoms with E-state index in [4.69, 9.17) is 26.9 Å². The third kappa shape index (κ3) is 7.29. The Balaban J connectivity index is 1.90. The number of urea groups is 1. The highest BCUT2D eigenvalue weighted by atomic mass is 35.5. The number of hydrazine groups is 1. The second kappa shape index (κ2) is 12.5. The van der Waals surface area contributed by atoms with Crippen molar-refractivity contribution in [3.8, 4) is 17.9 Å². The van der Waals surface area contributed by atoms with E-state index in [0.717, 1.165) is 18.6 Å². The zero-order chi connectivity index (χ0) is 26.9. The summed E-state index contributed by atoms with van der Waals surface area (Å²) >= 11 is 6.11. The van der Waals surface area contributed by atoms with Crippen LogP contribution in [-0.2, 0) is 10.8 Å². The minimum Gasteiger partial charge on any atom is -0.493 e. The number of hydrogen-bond donors (Lipinski definition) is 3. The molecule has 0 saturated carbocycles. The molecule has 0 saturated heterocycles. The third-order valence-corrected chi connectivity index (χ3v) is 7.09. The number of nitrogens with zero attached hydrogens (tertiary/aromatic N) is 2. The Kier molecular flexibility index (Phi) is 10.0. The molecule has 0 aliphatic heterocycles. The first-order valence-corrected chi connectivity index (χ1v) is 12.6. The van der Waals surface area contributed by atoms with Gasteiger partial charge in [0, 0.05) is 12.1 Å². The number of nitrogens with one attached hydrogen (secondary N) is 3. The summed E-state index contributed by atoms with van der Waals surface area (Å²) in [4.78, 5) is 12.1. The summed E-state index contributed by atoms with van der Waals surface area (Å²) in [6.07, 6.45) is 2.67. The molecule has 8 heteroatoms. The van der Waals surface area contributed by atoms with E-state index in [2.05, 4.69) is 75.9 Å². The topological polar surface area (TPSA) is 110 Å². The van der Waals surface area contributed by atoms with Crippen molar-refractivity contribution in [2.75, 3.05) is 18.6 Å². The molecule has 2 rings (SSSR count). The van der Waals surface area contributed by atoms with Gasteiger partial charge in [-0.2, -0.15) is 10.5 Å². The van der Waals surface area contributed by atoms with Crippen LogP contribution in [0.25, 0.3) is 0 Å². The molecule has 0 heterocycles. The molecular formula is C28H36ClN5O2. The fourth-order valence-corrected chi connectivity index (χ4v) is 3.69. The van der Waals surface area contributed by atoms with Crippen LogP contribution in [0.4, 0.5) is 10.5 Å². The molecule has 0 spiro atoms. The molecule has 0 bridgehead atoms. The molecule has 7 nitrogen and oxygen atoms in total. The molecule has 0 aliphatic rings. The minimum atomic E-state index is -0.451. The van der Waals surface area contributed by atoms with Crippen molar-refractivity contribution < 1.29 is 9.53 Å². The van der Waals surface area contributed by atoms with Gasteiger partial charge >= 0.3 is 6.03 Å². The van der Waals surface area contributed by atoms with Crippen LogP contribution >= 0.6 is 11.6 Å². The highest BCUT2D eigenvalue weighted by Gasteiger charge is 2.26. The molecule has 2 amide bonds. The first-order valence-electron chi connectivity index (χ1n) is 12.2. The average molecular weight is 510 g/mol. The second-order valence-corrected chi connectivity index (χ2v) is 10.4. The number of anilines is 1. The van der Waals surface area contributed by atoms with Crippen molar-refractivity contribution in [3.63, 3.8) is 0 Å². The van der Waals surface area contributed by atoms with E-state index in [-0.39, 0.29) is 27.0 Å². The zero-order valence-corrected chi connectivity index (χ0v) is 22.8. The predicted octanol–water partition coefficient (Wildman–Crippen LogP) is 6.55. The van der Waals surface area contributed by atoms with Gasteiger partial charge in [0.05, 0.1) is 28.4 Å². The Labute approximate surface area is 219 Å². The van der Waals surface area contributed by atoms with E-state index in [1.165, 1.54) is 23.3 Å². The molecule has 2 aromatic rings. The molecule has 0 atom stereocenters. The monoisotopic (exact) mass is 509 g/mol. The van der Waals surface area contributed by atoms with E-state index in [9.17, 15) is 4.79 Å². The smallest absolute Gasteiger partial charge is 0.333 e. The van der Waals surface area contributed by atoms with Crippen LogP contribution < -0.4 is 20.9 Å². The van der Waals surface area contributed by atoms with Gasteiger partial charge in [-0.3, -0.25) is 10.9 Å². The van der Waals surface area contributed by atoms with Crippen molar-refractivity contribution in [1.82, 2.24) is 10.7 Å². The number of hydrogen-bond acceptors (Lipinski definition) is 5. The van der Waals surface area contributed by atoms with E-state index < -0.39 is 6.03 Å². The lowest BCUT2D eigenvalue weighted by Gasteiger charge is -2.30. The Morgan fingerprint density at radius 3 is 2.25 bits per heavy atom. The van der Waals surface area contributed by atoms with Crippen LogP contribution in [0.5, 0.6) is 5.75 Å². The summed E-state index contributed by atoms with van der Waals surface area (Å²) in [5.41, 5.74) is 8.41. The number of ether oxygens (including phenoxy) is 1. The van der Waals surface area contributed by atoms with Gasteiger partial charge in [0.15, 0.2) is 0 Å². The standard InChI is InChI=1S/C28H36ClN5O2/c1-7-27(3,4)21-10-11-25(22(16-21)28(5,6)8-2)36-13-9-12-32-26(35)34-33-24-15-20(18-31)19(17-30)14-23(24)29/h10-11,14-16,33H,7-9,12-13H2,1-6H3,(H2,32,34,35). The molecular weight excluding hydrogens is 474 g/mol. The quantitative estimate of drug-likeness (QED) is 0.235. The molecule has 0 aliphatic carbocycles. The second-order valence-electron chi connectivity index (χ2n) is 9.99. The van der Waals surface area contributed by atoms with E-state index in [0.29, 0.717) is 25.3 Å². The highest BCUT2D eigenvalue weighted by molar-refractivity contribution is 6.33. The van der Waals surface area contributed by atoms with E-state index in [1.807, 2.05) is 12.1 Å². The maximum Gasteiger partial charge on any atom is 0.333 e. The number of halogens is 1. The van der Waals surface area contributed by atoms with Crippen molar-refractivity contribution in [1.29, 1.82) is 10.5 Å². The van der Waals surface area contributed by atoms with Gasteiger partial charge in [-0.15, -0.1) is 0 Å². The summed E-state index contributed by atoms with van der Waals surface area (Å²) in [7, 11) is 0. The van der Waals surface area contributed by atoms with Crippen molar-refractivity contribution >= 4 is 23.3 Å². The van der Waals surface area contributed by atoms with Crippen LogP contribution in [0, 0.1) is 22.7 Å². The molecule has 0 radical (unpaired) electrons. The predicted molar refractivity (Wildman–Crippen MR) is 144 cm³/mol.